The fourth-order valence-corrected chi connectivity index (χ4v) is 4.51. The van der Waals surface area contributed by atoms with Crippen molar-refractivity contribution in [2.75, 3.05) is 13.2 Å². The normalized spacial score (nSPS) is 20.6. The van der Waals surface area contributed by atoms with Crippen LogP contribution in [-0.2, 0) is 19.1 Å². The number of rotatable bonds is 22. The van der Waals surface area contributed by atoms with Crippen LogP contribution in [0.5, 0.6) is 0 Å². The van der Waals surface area contributed by atoms with Gasteiger partial charge in [0.25, 0.3) is 0 Å². The van der Waals surface area contributed by atoms with Crippen molar-refractivity contribution in [2.45, 2.75) is 154 Å². The summed E-state index contributed by atoms with van der Waals surface area (Å²) in [4.78, 5) is 23.1. The predicted octanol–water partition coefficient (Wildman–Crippen LogP) is 6.04. The lowest BCUT2D eigenvalue weighted by atomic mass is 10.0. The van der Waals surface area contributed by atoms with Crippen molar-refractivity contribution in [3.63, 3.8) is 0 Å². The molecule has 0 bridgehead atoms. The molecule has 2 N–H and O–H groups in total. The largest absolute Gasteiger partial charge is 0.463 e. The number of ether oxygens (including phenoxy) is 2. The Morgan fingerprint density at radius 2 is 1.18 bits per heavy atom. The molecule has 0 aromatic rings. The van der Waals surface area contributed by atoms with Crippen molar-refractivity contribution >= 4 is 11.8 Å². The number of aliphatic hydroxyl groups excluding tert-OH is 2. The van der Waals surface area contributed by atoms with E-state index < -0.39 is 24.1 Å². The second-order valence-electron chi connectivity index (χ2n) is 10.0. The Morgan fingerprint density at radius 3 is 1.62 bits per heavy atom. The van der Waals surface area contributed by atoms with Crippen molar-refractivity contribution in [2.24, 2.45) is 0 Å². The van der Waals surface area contributed by atoms with Gasteiger partial charge in [0.15, 0.2) is 5.78 Å². The van der Waals surface area contributed by atoms with Crippen LogP contribution in [0.4, 0.5) is 0 Å². The molecule has 1 saturated heterocycles. The van der Waals surface area contributed by atoms with Gasteiger partial charge in [-0.15, -0.1) is 0 Å². The molecule has 0 aromatic carbocycles. The molecular weight excluding hydrogens is 432 g/mol. The fourth-order valence-electron chi connectivity index (χ4n) is 4.51. The van der Waals surface area contributed by atoms with Gasteiger partial charge in [-0.05, 0) is 6.42 Å². The van der Waals surface area contributed by atoms with Crippen molar-refractivity contribution in [1.29, 1.82) is 0 Å². The first-order chi connectivity index (χ1) is 16.6. The molecule has 200 valence electrons. The predicted molar refractivity (Wildman–Crippen MR) is 136 cm³/mol. The van der Waals surface area contributed by atoms with Gasteiger partial charge in [0.1, 0.15) is 31.5 Å². The standard InChI is InChI=1S/C28H52O6/c1-2-3-4-5-6-7-8-9-10-11-12-13-14-15-16-17-18-19-20-21-26(30)34-23-25-28(32)27(31)24(29)22-33-25/h25,27-28,31-32H,2-23H2,1H3/t25-,27-,28-/m1/s1. The van der Waals surface area contributed by atoms with Gasteiger partial charge in [-0.25, -0.2) is 0 Å². The third kappa shape index (κ3) is 15.8. The first kappa shape index (κ1) is 31.1. The summed E-state index contributed by atoms with van der Waals surface area (Å²) in [5.74, 6) is -0.877. The molecule has 0 amide bonds. The highest BCUT2D eigenvalue weighted by atomic mass is 16.6. The summed E-state index contributed by atoms with van der Waals surface area (Å²) in [6.45, 7) is 1.87. The van der Waals surface area contributed by atoms with Crippen LogP contribution in [-0.4, -0.2) is 53.5 Å². The molecule has 0 aromatic heterocycles. The lowest BCUT2D eigenvalue weighted by molar-refractivity contribution is -0.177. The summed E-state index contributed by atoms with van der Waals surface area (Å²) < 4.78 is 10.3. The maximum atomic E-state index is 11.8. The molecule has 0 saturated carbocycles. The van der Waals surface area contributed by atoms with Crippen LogP contribution in [0.15, 0.2) is 0 Å². The maximum absolute atomic E-state index is 11.8. The van der Waals surface area contributed by atoms with Crippen molar-refractivity contribution in [3.8, 4) is 0 Å². The second-order valence-corrected chi connectivity index (χ2v) is 10.0. The molecule has 1 fully saturated rings. The lowest BCUT2D eigenvalue weighted by Crippen LogP contribution is -2.52. The number of hydrogen-bond donors (Lipinski definition) is 2. The zero-order valence-electron chi connectivity index (χ0n) is 21.8. The molecule has 34 heavy (non-hydrogen) atoms. The molecule has 0 radical (unpaired) electrons. The minimum Gasteiger partial charge on any atom is -0.463 e. The number of unbranched alkanes of at least 4 members (excludes halogenated alkanes) is 18. The molecule has 3 atom stereocenters. The van der Waals surface area contributed by atoms with Crippen LogP contribution in [0, 0.1) is 0 Å². The van der Waals surface area contributed by atoms with Crippen LogP contribution in [0.3, 0.4) is 0 Å². The van der Waals surface area contributed by atoms with E-state index in [1.807, 2.05) is 0 Å². The SMILES string of the molecule is CCCCCCCCCCCCCCCCCCCCCC(=O)OC[C@H]1OCC(=O)[C@@H](O)[C@@H]1O. The average molecular weight is 485 g/mol. The Kier molecular flexibility index (Phi) is 19.5. The van der Waals surface area contributed by atoms with Gasteiger partial charge < -0.3 is 19.7 Å². The number of hydrogen-bond acceptors (Lipinski definition) is 6. The molecule has 1 aliphatic heterocycles. The van der Waals surface area contributed by atoms with E-state index in [9.17, 15) is 19.8 Å². The Labute approximate surface area is 208 Å². The monoisotopic (exact) mass is 484 g/mol. The molecule has 0 unspecified atom stereocenters. The Morgan fingerprint density at radius 1 is 0.765 bits per heavy atom. The van der Waals surface area contributed by atoms with Crippen LogP contribution in [0.25, 0.3) is 0 Å². The van der Waals surface area contributed by atoms with Gasteiger partial charge in [-0.1, -0.05) is 122 Å². The van der Waals surface area contributed by atoms with Crippen LogP contribution < -0.4 is 0 Å². The van der Waals surface area contributed by atoms with Gasteiger partial charge in [0.2, 0.25) is 0 Å². The summed E-state index contributed by atoms with van der Waals surface area (Å²) in [5.41, 5.74) is 0. The van der Waals surface area contributed by atoms with Crippen molar-refractivity contribution in [3.05, 3.63) is 0 Å². The lowest BCUT2D eigenvalue weighted by Gasteiger charge is -2.30. The van der Waals surface area contributed by atoms with E-state index in [-0.39, 0.29) is 19.2 Å². The van der Waals surface area contributed by atoms with Crippen LogP contribution in [0.2, 0.25) is 0 Å². The van der Waals surface area contributed by atoms with E-state index in [0.717, 1.165) is 19.3 Å². The van der Waals surface area contributed by atoms with Gasteiger partial charge in [-0.2, -0.15) is 0 Å². The first-order valence-electron chi connectivity index (χ1n) is 14.2. The highest BCUT2D eigenvalue weighted by Gasteiger charge is 2.37. The quantitative estimate of drug-likeness (QED) is 0.144. The molecule has 6 heteroatoms. The molecular formula is C28H52O6. The number of esters is 1. The van der Waals surface area contributed by atoms with Crippen LogP contribution >= 0.6 is 0 Å². The Bertz CT molecular complexity index is 509. The second kappa shape index (κ2) is 21.3. The van der Waals surface area contributed by atoms with Crippen molar-refractivity contribution < 1.29 is 29.3 Å². The number of Topliss-reactive ketones (excluding diaryl/α,β-unsaturated/α-hetero) is 1. The third-order valence-electron chi connectivity index (χ3n) is 6.87. The van der Waals surface area contributed by atoms with Gasteiger partial charge in [-0.3, -0.25) is 9.59 Å². The van der Waals surface area contributed by atoms with E-state index in [0.29, 0.717) is 6.42 Å². The third-order valence-corrected chi connectivity index (χ3v) is 6.87. The van der Waals surface area contributed by atoms with E-state index in [1.165, 1.54) is 103 Å². The highest BCUT2D eigenvalue weighted by Crippen LogP contribution is 2.16. The van der Waals surface area contributed by atoms with Crippen LogP contribution in [0.1, 0.15) is 135 Å². The zero-order valence-corrected chi connectivity index (χ0v) is 21.8. The summed E-state index contributed by atoms with van der Waals surface area (Å²) in [6, 6.07) is 0. The average Bonchev–Trinajstić information content (AvgIpc) is 2.83. The summed E-state index contributed by atoms with van der Waals surface area (Å²) >= 11 is 0. The summed E-state index contributed by atoms with van der Waals surface area (Å²) in [5, 5.41) is 19.3. The fraction of sp³-hybridized carbons (Fsp3) is 0.929. The number of carbonyl (C=O) groups excluding carboxylic acids is 2. The van der Waals surface area contributed by atoms with Gasteiger partial charge in [0.05, 0.1) is 0 Å². The van der Waals surface area contributed by atoms with Crippen molar-refractivity contribution in [1.82, 2.24) is 0 Å². The van der Waals surface area contributed by atoms with Gasteiger partial charge in [0, 0.05) is 6.42 Å². The first-order valence-corrected chi connectivity index (χ1v) is 14.2. The minimum atomic E-state index is -1.46. The highest BCUT2D eigenvalue weighted by molar-refractivity contribution is 5.85. The molecule has 1 heterocycles. The molecule has 0 aliphatic carbocycles. The zero-order chi connectivity index (χ0) is 24.9. The number of ketones is 1. The number of carbonyl (C=O) groups is 2. The Balaban J connectivity index is 1.78. The number of aliphatic hydroxyl groups is 2. The molecule has 1 rings (SSSR count). The summed E-state index contributed by atoms with van der Waals surface area (Å²) in [6.07, 6.45) is 21.7. The molecule has 1 aliphatic rings. The smallest absolute Gasteiger partial charge is 0.305 e. The minimum absolute atomic E-state index is 0.135. The van der Waals surface area contributed by atoms with E-state index in [2.05, 4.69) is 6.92 Å². The van der Waals surface area contributed by atoms with Gasteiger partial charge >= 0.3 is 5.97 Å². The summed E-state index contributed by atoms with van der Waals surface area (Å²) in [7, 11) is 0. The molecule has 6 nitrogen and oxygen atoms in total. The topological polar surface area (TPSA) is 93.1 Å². The van der Waals surface area contributed by atoms with E-state index in [4.69, 9.17) is 9.47 Å². The molecule has 0 spiro atoms. The van der Waals surface area contributed by atoms with E-state index in [1.54, 1.807) is 0 Å². The maximum Gasteiger partial charge on any atom is 0.305 e. The Hall–Kier alpha value is -0.980. The van der Waals surface area contributed by atoms with E-state index >= 15 is 0 Å².